The van der Waals surface area contributed by atoms with Crippen LogP contribution in [0.5, 0.6) is 0 Å². The molecule has 2 aromatic rings. The van der Waals surface area contributed by atoms with Crippen LogP contribution in [0.1, 0.15) is 23.3 Å². The van der Waals surface area contributed by atoms with Crippen molar-refractivity contribution in [3.05, 3.63) is 63.2 Å². The van der Waals surface area contributed by atoms with Crippen molar-refractivity contribution in [1.29, 1.82) is 0 Å². The van der Waals surface area contributed by atoms with Gasteiger partial charge in [-0.3, -0.25) is 19.3 Å². The summed E-state index contributed by atoms with van der Waals surface area (Å²) in [4.78, 5) is 39.3. The summed E-state index contributed by atoms with van der Waals surface area (Å²) in [6, 6.07) is 13.5. The molecule has 0 bridgehead atoms. The summed E-state index contributed by atoms with van der Waals surface area (Å²) in [7, 11) is 0. The van der Waals surface area contributed by atoms with Crippen molar-refractivity contribution in [2.45, 2.75) is 19.3 Å². The second-order valence-electron chi connectivity index (χ2n) is 6.03. The molecule has 1 N–H and O–H groups in total. The number of thiophene rings is 1. The quantitative estimate of drug-likeness (QED) is 0.682. The molecular formula is C20H20N2O3S2. The molecule has 0 aliphatic carbocycles. The Labute approximate surface area is 166 Å². The Kier molecular flexibility index (Phi) is 6.84. The van der Waals surface area contributed by atoms with Gasteiger partial charge in [0.15, 0.2) is 0 Å². The first-order valence-corrected chi connectivity index (χ1v) is 10.4. The summed E-state index contributed by atoms with van der Waals surface area (Å²) in [5.74, 6) is -0.362. The molecule has 0 unspecified atom stereocenters. The highest BCUT2D eigenvalue weighted by Crippen LogP contribution is 2.31. The molecular weight excluding hydrogens is 380 g/mol. The Bertz CT molecular complexity index is 832. The second-order valence-corrected chi connectivity index (χ2v) is 8.05. The third-order valence-electron chi connectivity index (χ3n) is 4.04. The highest BCUT2D eigenvalue weighted by molar-refractivity contribution is 8.18. The fourth-order valence-electron chi connectivity index (χ4n) is 2.67. The fourth-order valence-corrected chi connectivity index (χ4v) is 4.28. The number of hydrogen-bond acceptors (Lipinski definition) is 5. The van der Waals surface area contributed by atoms with E-state index in [4.69, 9.17) is 0 Å². The molecule has 7 heteroatoms. The molecule has 1 aromatic heterocycles. The molecule has 140 valence electrons. The molecule has 1 saturated heterocycles. The number of rotatable bonds is 8. The molecule has 2 heterocycles. The number of nitrogens with one attached hydrogen (secondary N) is 1. The molecule has 0 saturated carbocycles. The first kappa shape index (κ1) is 19.4. The lowest BCUT2D eigenvalue weighted by Crippen LogP contribution is -2.37. The number of aryl methyl sites for hydroxylation is 1. The van der Waals surface area contributed by atoms with Crippen LogP contribution in [0.3, 0.4) is 0 Å². The van der Waals surface area contributed by atoms with Gasteiger partial charge in [0, 0.05) is 24.4 Å². The number of imide groups is 1. The zero-order valence-electron chi connectivity index (χ0n) is 14.7. The third-order valence-corrected chi connectivity index (χ3v) is 5.88. The standard InChI is InChI=1S/C20H20N2O3S2/c23-18(10-4-8-16-9-5-13-26-16)21-11-12-22-19(24)17(27-20(22)25)14-15-6-2-1-3-7-15/h1-3,5-7,9,13-14H,4,8,10-12H2,(H,21,23). The highest BCUT2D eigenvalue weighted by Gasteiger charge is 2.34. The van der Waals surface area contributed by atoms with E-state index in [1.807, 2.05) is 41.8 Å². The lowest BCUT2D eigenvalue weighted by molar-refractivity contribution is -0.124. The van der Waals surface area contributed by atoms with Crippen LogP contribution in [0.15, 0.2) is 52.7 Å². The van der Waals surface area contributed by atoms with Gasteiger partial charge in [0.05, 0.1) is 4.91 Å². The van der Waals surface area contributed by atoms with Crippen molar-refractivity contribution in [2.24, 2.45) is 0 Å². The van der Waals surface area contributed by atoms with E-state index in [0.717, 1.165) is 30.2 Å². The smallest absolute Gasteiger partial charge is 0.293 e. The van der Waals surface area contributed by atoms with E-state index in [2.05, 4.69) is 11.4 Å². The maximum absolute atomic E-state index is 12.4. The molecule has 1 aromatic carbocycles. The van der Waals surface area contributed by atoms with E-state index in [9.17, 15) is 14.4 Å². The van der Waals surface area contributed by atoms with Crippen molar-refractivity contribution in [3.63, 3.8) is 0 Å². The number of carbonyl (C=O) groups excluding carboxylic acids is 3. The molecule has 0 spiro atoms. The van der Waals surface area contributed by atoms with E-state index >= 15 is 0 Å². The average Bonchev–Trinajstić information content (AvgIpc) is 3.26. The van der Waals surface area contributed by atoms with Crippen molar-refractivity contribution in [2.75, 3.05) is 13.1 Å². The summed E-state index contributed by atoms with van der Waals surface area (Å²) in [6.45, 7) is 0.460. The molecule has 3 rings (SSSR count). The topological polar surface area (TPSA) is 66.5 Å². The summed E-state index contributed by atoms with van der Waals surface area (Å²) >= 11 is 2.62. The molecule has 27 heavy (non-hydrogen) atoms. The SMILES string of the molecule is O=C(CCCc1cccs1)NCCN1C(=O)SC(=Cc2ccccc2)C1=O. The molecule has 1 fully saturated rings. The van der Waals surface area contributed by atoms with Gasteiger partial charge in [0.25, 0.3) is 11.1 Å². The van der Waals surface area contributed by atoms with E-state index in [-0.39, 0.29) is 30.1 Å². The molecule has 5 nitrogen and oxygen atoms in total. The largest absolute Gasteiger partial charge is 0.354 e. The lowest BCUT2D eigenvalue weighted by atomic mass is 10.2. The number of nitrogens with zero attached hydrogens (tertiary/aromatic N) is 1. The van der Waals surface area contributed by atoms with Crippen LogP contribution in [0.4, 0.5) is 4.79 Å². The van der Waals surface area contributed by atoms with Crippen LogP contribution < -0.4 is 5.32 Å². The molecule has 1 aliphatic heterocycles. The maximum Gasteiger partial charge on any atom is 0.293 e. The number of amides is 3. The number of carbonyl (C=O) groups is 3. The van der Waals surface area contributed by atoms with E-state index in [1.165, 1.54) is 9.78 Å². The first-order valence-electron chi connectivity index (χ1n) is 8.73. The van der Waals surface area contributed by atoms with Gasteiger partial charge in [-0.1, -0.05) is 36.4 Å². The van der Waals surface area contributed by atoms with Crippen LogP contribution in [-0.2, 0) is 16.0 Å². The summed E-state index contributed by atoms with van der Waals surface area (Å²) < 4.78 is 0. The third kappa shape index (κ3) is 5.55. The van der Waals surface area contributed by atoms with Gasteiger partial charge < -0.3 is 5.32 Å². The fraction of sp³-hybridized carbons (Fsp3) is 0.250. The maximum atomic E-state index is 12.4. The zero-order chi connectivity index (χ0) is 19.1. The van der Waals surface area contributed by atoms with Crippen molar-refractivity contribution >= 4 is 46.2 Å². The monoisotopic (exact) mass is 400 g/mol. The van der Waals surface area contributed by atoms with Gasteiger partial charge in [-0.15, -0.1) is 11.3 Å². The first-order chi connectivity index (χ1) is 13.1. The minimum absolute atomic E-state index is 0.0571. The number of hydrogen-bond donors (Lipinski definition) is 1. The Balaban J connectivity index is 1.42. The van der Waals surface area contributed by atoms with E-state index in [1.54, 1.807) is 17.4 Å². The summed E-state index contributed by atoms with van der Waals surface area (Å²) in [6.07, 6.45) is 3.83. The van der Waals surface area contributed by atoms with Gasteiger partial charge in [-0.2, -0.15) is 0 Å². The van der Waals surface area contributed by atoms with Crippen LogP contribution >= 0.6 is 23.1 Å². The molecule has 1 aliphatic rings. The average molecular weight is 401 g/mol. The molecule has 0 atom stereocenters. The Hall–Kier alpha value is -2.38. The predicted molar refractivity (Wildman–Crippen MR) is 109 cm³/mol. The zero-order valence-corrected chi connectivity index (χ0v) is 16.4. The molecule has 0 radical (unpaired) electrons. The van der Waals surface area contributed by atoms with Crippen molar-refractivity contribution < 1.29 is 14.4 Å². The van der Waals surface area contributed by atoms with Crippen molar-refractivity contribution in [3.8, 4) is 0 Å². The van der Waals surface area contributed by atoms with Gasteiger partial charge >= 0.3 is 0 Å². The van der Waals surface area contributed by atoms with Gasteiger partial charge in [-0.25, -0.2) is 0 Å². The Morgan fingerprint density at radius 2 is 1.93 bits per heavy atom. The Morgan fingerprint density at radius 1 is 1.11 bits per heavy atom. The van der Waals surface area contributed by atoms with Crippen molar-refractivity contribution in [1.82, 2.24) is 10.2 Å². The summed E-state index contributed by atoms with van der Waals surface area (Å²) in [5.41, 5.74) is 0.877. The number of benzene rings is 1. The lowest BCUT2D eigenvalue weighted by Gasteiger charge is -2.13. The summed E-state index contributed by atoms with van der Waals surface area (Å²) in [5, 5.41) is 4.51. The van der Waals surface area contributed by atoms with Gasteiger partial charge in [-0.05, 0) is 47.7 Å². The van der Waals surface area contributed by atoms with E-state index in [0.29, 0.717) is 11.3 Å². The van der Waals surface area contributed by atoms with Gasteiger partial charge in [0.1, 0.15) is 0 Å². The normalized spacial score (nSPS) is 15.6. The molecule has 3 amide bonds. The van der Waals surface area contributed by atoms with Crippen LogP contribution in [0.25, 0.3) is 6.08 Å². The number of thioether (sulfide) groups is 1. The minimum atomic E-state index is -0.305. The van der Waals surface area contributed by atoms with Crippen LogP contribution in [0, 0.1) is 0 Å². The predicted octanol–water partition coefficient (Wildman–Crippen LogP) is 3.92. The highest BCUT2D eigenvalue weighted by atomic mass is 32.2. The van der Waals surface area contributed by atoms with Crippen LogP contribution in [-0.4, -0.2) is 35.0 Å². The van der Waals surface area contributed by atoms with E-state index < -0.39 is 0 Å². The second kappa shape index (κ2) is 9.53. The Morgan fingerprint density at radius 3 is 2.67 bits per heavy atom. The van der Waals surface area contributed by atoms with Crippen LogP contribution in [0.2, 0.25) is 0 Å². The minimum Gasteiger partial charge on any atom is -0.354 e. The van der Waals surface area contributed by atoms with Gasteiger partial charge in [0.2, 0.25) is 5.91 Å².